The van der Waals surface area contributed by atoms with Gasteiger partial charge in [0, 0.05) is 30.9 Å². The summed E-state index contributed by atoms with van der Waals surface area (Å²) in [4.78, 5) is 6.86. The first kappa shape index (κ1) is 22.2. The van der Waals surface area contributed by atoms with Gasteiger partial charge in [0.1, 0.15) is 0 Å². The van der Waals surface area contributed by atoms with Gasteiger partial charge in [-0.2, -0.15) is 10.1 Å². The standard InChI is InChI=1S/C24H34N4O2/c1-3-4-5-6-7-13-30-24-18-22(28-11-14-29-15-12-28)17-23(26-24)27-25-19-21-10-8-9-20(2)16-21/h8-10,16-18H,3-7,11-15,19H2,1-2H3. The fourth-order valence-electron chi connectivity index (χ4n) is 3.49. The van der Waals surface area contributed by atoms with Crippen LogP contribution in [-0.4, -0.2) is 37.9 Å². The molecule has 2 heterocycles. The fraction of sp³-hybridized carbons (Fsp3) is 0.542. The van der Waals surface area contributed by atoms with Crippen molar-refractivity contribution in [2.24, 2.45) is 10.2 Å². The van der Waals surface area contributed by atoms with Crippen LogP contribution in [0, 0.1) is 6.92 Å². The molecule has 1 saturated heterocycles. The van der Waals surface area contributed by atoms with Crippen molar-refractivity contribution < 1.29 is 9.47 Å². The molecule has 0 amide bonds. The zero-order chi connectivity index (χ0) is 21.0. The Bertz CT molecular complexity index is 804. The number of ether oxygens (including phenoxy) is 2. The molecule has 0 saturated carbocycles. The van der Waals surface area contributed by atoms with Crippen LogP contribution < -0.4 is 9.64 Å². The first-order chi connectivity index (χ1) is 14.7. The van der Waals surface area contributed by atoms with E-state index in [1.54, 1.807) is 0 Å². The molecule has 1 aliphatic rings. The van der Waals surface area contributed by atoms with Gasteiger partial charge in [-0.05, 0) is 18.9 Å². The van der Waals surface area contributed by atoms with E-state index in [9.17, 15) is 0 Å². The molecule has 0 unspecified atom stereocenters. The van der Waals surface area contributed by atoms with Crippen LogP contribution in [0.15, 0.2) is 46.6 Å². The number of unbranched alkanes of at least 4 members (excludes halogenated alkanes) is 4. The number of rotatable bonds is 11. The molecule has 0 bridgehead atoms. The molecule has 3 rings (SSSR count). The minimum atomic E-state index is 0.540. The number of anilines is 1. The van der Waals surface area contributed by atoms with Gasteiger partial charge in [-0.25, -0.2) is 0 Å². The van der Waals surface area contributed by atoms with E-state index < -0.39 is 0 Å². The minimum absolute atomic E-state index is 0.540. The summed E-state index contributed by atoms with van der Waals surface area (Å²) in [6.07, 6.45) is 6.05. The predicted molar refractivity (Wildman–Crippen MR) is 121 cm³/mol. The SMILES string of the molecule is CCCCCCCOc1cc(N2CCOCC2)cc(N=NCc2cccc(C)c2)n1. The molecule has 6 heteroatoms. The largest absolute Gasteiger partial charge is 0.478 e. The highest BCUT2D eigenvalue weighted by molar-refractivity contribution is 5.55. The zero-order valence-corrected chi connectivity index (χ0v) is 18.3. The van der Waals surface area contributed by atoms with Gasteiger partial charge < -0.3 is 14.4 Å². The van der Waals surface area contributed by atoms with Crippen LogP contribution in [0.25, 0.3) is 0 Å². The maximum absolute atomic E-state index is 5.97. The van der Waals surface area contributed by atoms with E-state index in [4.69, 9.17) is 9.47 Å². The van der Waals surface area contributed by atoms with Crippen molar-refractivity contribution >= 4 is 11.5 Å². The molecule has 0 aliphatic carbocycles. The lowest BCUT2D eigenvalue weighted by atomic mass is 10.1. The summed E-state index contributed by atoms with van der Waals surface area (Å²) in [5, 5.41) is 8.77. The first-order valence-electron chi connectivity index (χ1n) is 11.1. The van der Waals surface area contributed by atoms with Crippen molar-refractivity contribution in [3.8, 4) is 5.88 Å². The van der Waals surface area contributed by atoms with Crippen molar-refractivity contribution in [2.45, 2.75) is 52.5 Å². The van der Waals surface area contributed by atoms with E-state index in [0.717, 1.165) is 44.0 Å². The number of nitrogens with zero attached hydrogens (tertiary/aromatic N) is 4. The second kappa shape index (κ2) is 12.3. The van der Waals surface area contributed by atoms with Gasteiger partial charge in [-0.1, -0.05) is 62.4 Å². The van der Waals surface area contributed by atoms with E-state index in [0.29, 0.717) is 24.8 Å². The number of benzene rings is 1. The Morgan fingerprint density at radius 1 is 1.07 bits per heavy atom. The third-order valence-corrected chi connectivity index (χ3v) is 5.16. The van der Waals surface area contributed by atoms with Gasteiger partial charge in [-0.3, -0.25) is 0 Å². The molecular weight excluding hydrogens is 376 g/mol. The molecule has 1 fully saturated rings. The molecule has 1 aromatic carbocycles. The normalized spacial score (nSPS) is 14.4. The van der Waals surface area contributed by atoms with Crippen LogP contribution in [0.5, 0.6) is 5.88 Å². The maximum Gasteiger partial charge on any atom is 0.217 e. The highest BCUT2D eigenvalue weighted by Gasteiger charge is 2.14. The molecule has 0 spiro atoms. The number of pyridine rings is 1. The number of hydrogen-bond acceptors (Lipinski definition) is 6. The predicted octanol–water partition coefficient (Wildman–Crippen LogP) is 5.86. The topological polar surface area (TPSA) is 59.3 Å². The van der Waals surface area contributed by atoms with Crippen molar-refractivity contribution in [3.05, 3.63) is 47.5 Å². The monoisotopic (exact) mass is 410 g/mol. The third-order valence-electron chi connectivity index (χ3n) is 5.16. The van der Waals surface area contributed by atoms with Crippen molar-refractivity contribution in [2.75, 3.05) is 37.8 Å². The summed E-state index contributed by atoms with van der Waals surface area (Å²) in [5.74, 6) is 1.21. The Morgan fingerprint density at radius 2 is 1.90 bits per heavy atom. The Kier molecular flexibility index (Phi) is 9.09. The summed E-state index contributed by atoms with van der Waals surface area (Å²) in [7, 11) is 0. The van der Waals surface area contributed by atoms with Crippen LogP contribution in [0.2, 0.25) is 0 Å². The number of hydrogen-bond donors (Lipinski definition) is 0. The molecule has 0 radical (unpaired) electrons. The van der Waals surface area contributed by atoms with Crippen molar-refractivity contribution in [1.29, 1.82) is 0 Å². The first-order valence-corrected chi connectivity index (χ1v) is 11.1. The van der Waals surface area contributed by atoms with E-state index in [-0.39, 0.29) is 0 Å². The van der Waals surface area contributed by atoms with Gasteiger partial charge in [0.15, 0.2) is 5.82 Å². The minimum Gasteiger partial charge on any atom is -0.478 e. The van der Waals surface area contributed by atoms with E-state index >= 15 is 0 Å². The lowest BCUT2D eigenvalue weighted by Crippen LogP contribution is -2.36. The highest BCUT2D eigenvalue weighted by Crippen LogP contribution is 2.27. The molecule has 1 aliphatic heterocycles. The average Bonchev–Trinajstić information content (AvgIpc) is 2.77. The second-order valence-electron chi connectivity index (χ2n) is 7.77. The Hall–Kier alpha value is -2.47. The number of azo groups is 1. The summed E-state index contributed by atoms with van der Waals surface area (Å²) in [6.45, 7) is 8.73. The van der Waals surface area contributed by atoms with Crippen LogP contribution >= 0.6 is 0 Å². The lowest BCUT2D eigenvalue weighted by Gasteiger charge is -2.29. The number of aromatic nitrogens is 1. The van der Waals surface area contributed by atoms with Crippen molar-refractivity contribution in [1.82, 2.24) is 4.98 Å². The summed E-state index contributed by atoms with van der Waals surface area (Å²) in [6, 6.07) is 12.3. The maximum atomic E-state index is 5.97. The zero-order valence-electron chi connectivity index (χ0n) is 18.3. The van der Waals surface area contributed by atoms with Crippen molar-refractivity contribution in [3.63, 3.8) is 0 Å². The summed E-state index contributed by atoms with van der Waals surface area (Å²) < 4.78 is 11.5. The summed E-state index contributed by atoms with van der Waals surface area (Å²) in [5.41, 5.74) is 3.44. The number of aryl methyl sites for hydroxylation is 1. The molecule has 162 valence electrons. The molecule has 2 aromatic rings. The quantitative estimate of drug-likeness (QED) is 0.344. The highest BCUT2D eigenvalue weighted by atomic mass is 16.5. The molecule has 30 heavy (non-hydrogen) atoms. The average molecular weight is 411 g/mol. The Labute approximate surface area is 180 Å². The second-order valence-corrected chi connectivity index (χ2v) is 7.77. The van der Waals surface area contributed by atoms with Crippen LogP contribution in [0.4, 0.5) is 11.5 Å². The molecular formula is C24H34N4O2. The van der Waals surface area contributed by atoms with Gasteiger partial charge in [-0.15, -0.1) is 5.11 Å². The van der Waals surface area contributed by atoms with Gasteiger partial charge in [0.25, 0.3) is 0 Å². The summed E-state index contributed by atoms with van der Waals surface area (Å²) >= 11 is 0. The van der Waals surface area contributed by atoms with E-state index in [1.807, 2.05) is 18.2 Å². The van der Waals surface area contributed by atoms with Gasteiger partial charge in [0.05, 0.1) is 26.4 Å². The van der Waals surface area contributed by atoms with Gasteiger partial charge >= 0.3 is 0 Å². The third kappa shape index (κ3) is 7.41. The van der Waals surface area contributed by atoms with Crippen LogP contribution in [0.1, 0.15) is 50.2 Å². The number of morpholine rings is 1. The Balaban J connectivity index is 1.66. The lowest BCUT2D eigenvalue weighted by molar-refractivity contribution is 0.122. The molecule has 6 nitrogen and oxygen atoms in total. The van der Waals surface area contributed by atoms with Crippen LogP contribution in [-0.2, 0) is 11.3 Å². The molecule has 1 aromatic heterocycles. The fourth-order valence-corrected chi connectivity index (χ4v) is 3.49. The molecule has 0 N–H and O–H groups in total. The van der Waals surface area contributed by atoms with E-state index in [1.165, 1.54) is 31.2 Å². The van der Waals surface area contributed by atoms with Gasteiger partial charge in [0.2, 0.25) is 5.88 Å². The molecule has 0 atom stereocenters. The van der Waals surface area contributed by atoms with Crippen LogP contribution in [0.3, 0.4) is 0 Å². The Morgan fingerprint density at radius 3 is 2.70 bits per heavy atom. The van der Waals surface area contributed by atoms with E-state index in [2.05, 4.69) is 52.2 Å². The smallest absolute Gasteiger partial charge is 0.217 e.